The molecule has 4 heteroatoms. The molecule has 0 radical (unpaired) electrons. The third kappa shape index (κ3) is 6.97. The molecule has 8 aromatic carbocycles. The van der Waals surface area contributed by atoms with Crippen molar-refractivity contribution in [2.75, 3.05) is 26.4 Å². The van der Waals surface area contributed by atoms with Crippen LogP contribution in [0.15, 0.2) is 158 Å². The Morgan fingerprint density at radius 2 is 0.847 bits per heavy atom. The van der Waals surface area contributed by atoms with Crippen molar-refractivity contribution in [2.45, 2.75) is 44.9 Å². The lowest BCUT2D eigenvalue weighted by molar-refractivity contribution is 0.201. The van der Waals surface area contributed by atoms with Crippen LogP contribution >= 0.6 is 0 Å². The molecule has 0 heterocycles. The van der Waals surface area contributed by atoms with E-state index in [2.05, 4.69) is 159 Å². The van der Waals surface area contributed by atoms with Crippen LogP contribution in [0.2, 0.25) is 0 Å². The van der Waals surface area contributed by atoms with Crippen LogP contribution in [0.3, 0.4) is 0 Å². The number of hydrogen-bond acceptors (Lipinski definition) is 4. The maximum absolute atomic E-state index is 9.44. The van der Waals surface area contributed by atoms with Gasteiger partial charge in [-0.1, -0.05) is 136 Å². The Labute approximate surface area is 347 Å². The molecule has 1 aliphatic rings. The summed E-state index contributed by atoms with van der Waals surface area (Å²) in [6, 6.07) is 58.3. The molecular formula is C55H50O4. The first-order valence-electron chi connectivity index (χ1n) is 21.1. The Hall–Kier alpha value is -6.20. The zero-order valence-electron chi connectivity index (χ0n) is 33.9. The molecule has 294 valence electrons. The van der Waals surface area contributed by atoms with Crippen molar-refractivity contribution in [3.05, 3.63) is 191 Å². The van der Waals surface area contributed by atoms with Crippen molar-refractivity contribution in [3.63, 3.8) is 0 Å². The molecule has 0 saturated heterocycles. The minimum absolute atomic E-state index is 0.0309. The zero-order valence-corrected chi connectivity index (χ0v) is 33.9. The van der Waals surface area contributed by atoms with Crippen molar-refractivity contribution >= 4 is 21.5 Å². The van der Waals surface area contributed by atoms with Crippen molar-refractivity contribution < 1.29 is 19.7 Å². The Balaban J connectivity index is 1.36. The van der Waals surface area contributed by atoms with Gasteiger partial charge in [0.2, 0.25) is 0 Å². The number of rotatable bonds is 14. The number of fused-ring (bicyclic) bond motifs is 5. The summed E-state index contributed by atoms with van der Waals surface area (Å²) < 4.78 is 11.7. The van der Waals surface area contributed by atoms with Gasteiger partial charge in [-0.15, -0.1) is 0 Å². The van der Waals surface area contributed by atoms with Gasteiger partial charge in [-0.25, -0.2) is 0 Å². The predicted molar refractivity (Wildman–Crippen MR) is 243 cm³/mol. The molecule has 0 unspecified atom stereocenters. The maximum atomic E-state index is 9.44. The minimum atomic E-state index is -0.684. The summed E-state index contributed by atoms with van der Waals surface area (Å²) >= 11 is 0. The fraction of sp³-hybridized carbons (Fsp3) is 0.200. The van der Waals surface area contributed by atoms with Crippen molar-refractivity contribution in [2.24, 2.45) is 0 Å². The molecule has 0 aliphatic heterocycles. The molecule has 0 fully saturated rings. The van der Waals surface area contributed by atoms with E-state index in [1.807, 2.05) is 12.1 Å². The number of aliphatic hydroxyl groups excluding tert-OH is 2. The lowest BCUT2D eigenvalue weighted by Gasteiger charge is -2.35. The fourth-order valence-corrected chi connectivity index (χ4v) is 9.45. The van der Waals surface area contributed by atoms with Gasteiger partial charge in [0.05, 0.1) is 18.6 Å². The zero-order chi connectivity index (χ0) is 40.3. The molecule has 0 amide bonds. The van der Waals surface area contributed by atoms with Crippen LogP contribution in [-0.2, 0) is 18.3 Å². The lowest BCUT2D eigenvalue weighted by Crippen LogP contribution is -2.28. The topological polar surface area (TPSA) is 58.9 Å². The maximum Gasteiger partial charge on any atom is 0.120 e. The first-order valence-corrected chi connectivity index (χ1v) is 21.1. The van der Waals surface area contributed by atoms with Crippen LogP contribution in [0.5, 0.6) is 11.5 Å². The molecule has 59 heavy (non-hydrogen) atoms. The highest BCUT2D eigenvalue weighted by Gasteiger charge is 2.47. The molecule has 0 spiro atoms. The fourth-order valence-electron chi connectivity index (χ4n) is 9.45. The summed E-state index contributed by atoms with van der Waals surface area (Å²) in [4.78, 5) is 0. The Bertz CT molecular complexity index is 2610. The Morgan fingerprint density at radius 3 is 1.29 bits per heavy atom. The second-order valence-electron chi connectivity index (χ2n) is 15.7. The standard InChI is InChI=1S/C55H50O4/c1-3-9-37-11-5-7-13-49(37)43-19-25-51-52-26-20-44(50-14-8-6-12-38(50)10-4-2)36-54(52)55(53(51)35-43,45-21-15-41-33-47(58-29-27-56)23-17-39(41)31-45)46-22-16-42-34-48(59-30-28-57)24-18-40(42)32-46/h5-8,11-26,31-36,56-57H,3-4,9-10,27-30H2,1-2H3. The average molecular weight is 775 g/mol. The predicted octanol–water partition coefficient (Wildman–Crippen LogP) is 12.3. The van der Waals surface area contributed by atoms with Gasteiger partial charge >= 0.3 is 0 Å². The largest absolute Gasteiger partial charge is 0.491 e. The van der Waals surface area contributed by atoms with Gasteiger partial charge in [0, 0.05) is 0 Å². The van der Waals surface area contributed by atoms with E-state index in [1.165, 1.54) is 66.8 Å². The van der Waals surface area contributed by atoms with E-state index in [-0.39, 0.29) is 26.4 Å². The summed E-state index contributed by atoms with van der Waals surface area (Å²) in [5, 5.41) is 23.3. The van der Waals surface area contributed by atoms with E-state index in [0.29, 0.717) is 0 Å². The number of ether oxygens (including phenoxy) is 2. The van der Waals surface area contributed by atoms with Gasteiger partial charge in [0.15, 0.2) is 0 Å². The summed E-state index contributed by atoms with van der Waals surface area (Å²) in [5.41, 5.74) is 14.4. The van der Waals surface area contributed by atoms with Crippen LogP contribution in [0.1, 0.15) is 60.1 Å². The molecular weight excluding hydrogens is 725 g/mol. The highest BCUT2D eigenvalue weighted by molar-refractivity contribution is 5.94. The smallest absolute Gasteiger partial charge is 0.120 e. The van der Waals surface area contributed by atoms with Gasteiger partial charge in [0.25, 0.3) is 0 Å². The second-order valence-corrected chi connectivity index (χ2v) is 15.7. The van der Waals surface area contributed by atoms with E-state index in [4.69, 9.17) is 9.47 Å². The van der Waals surface area contributed by atoms with Crippen LogP contribution < -0.4 is 9.47 Å². The summed E-state index contributed by atoms with van der Waals surface area (Å²) in [6.45, 7) is 4.95. The number of aryl methyl sites for hydroxylation is 2. The van der Waals surface area contributed by atoms with Crippen LogP contribution in [0.25, 0.3) is 54.9 Å². The number of benzene rings is 8. The summed E-state index contributed by atoms with van der Waals surface area (Å²) in [5.74, 6) is 1.49. The SMILES string of the molecule is CCCc1ccccc1-c1ccc2c(c1)C(c1ccc3cc(OCCO)ccc3c1)(c1ccc3cc(OCCO)ccc3c1)c1cc(-c3ccccc3CCC)ccc1-2. The summed E-state index contributed by atoms with van der Waals surface area (Å²) in [6.07, 6.45) is 4.19. The van der Waals surface area contributed by atoms with Crippen molar-refractivity contribution in [3.8, 4) is 44.9 Å². The molecule has 0 bridgehead atoms. The van der Waals surface area contributed by atoms with Crippen molar-refractivity contribution in [1.82, 2.24) is 0 Å². The average Bonchev–Trinajstić information content (AvgIpc) is 3.57. The normalized spacial score (nSPS) is 12.7. The van der Waals surface area contributed by atoms with E-state index in [1.54, 1.807) is 0 Å². The van der Waals surface area contributed by atoms with Crippen LogP contribution in [-0.4, -0.2) is 36.6 Å². The first kappa shape index (κ1) is 38.3. The van der Waals surface area contributed by atoms with Crippen molar-refractivity contribution in [1.29, 1.82) is 0 Å². The highest BCUT2D eigenvalue weighted by atomic mass is 16.5. The van der Waals surface area contributed by atoms with E-state index < -0.39 is 5.41 Å². The minimum Gasteiger partial charge on any atom is -0.491 e. The van der Waals surface area contributed by atoms with E-state index >= 15 is 0 Å². The molecule has 9 rings (SSSR count). The molecule has 2 N–H and O–H groups in total. The molecule has 4 nitrogen and oxygen atoms in total. The number of aliphatic hydroxyl groups is 2. The third-order valence-electron chi connectivity index (χ3n) is 12.0. The lowest BCUT2D eigenvalue weighted by atomic mass is 9.66. The molecule has 8 aromatic rings. The number of hydrogen-bond donors (Lipinski definition) is 2. The molecule has 0 atom stereocenters. The van der Waals surface area contributed by atoms with Gasteiger partial charge in [-0.05, 0) is 150 Å². The molecule has 0 aromatic heterocycles. The Kier molecular flexibility index (Phi) is 10.8. The first-order chi connectivity index (χ1) is 29.0. The van der Waals surface area contributed by atoms with E-state index in [9.17, 15) is 10.2 Å². The Morgan fingerprint density at radius 1 is 0.424 bits per heavy atom. The quantitative estimate of drug-likeness (QED) is 0.116. The van der Waals surface area contributed by atoms with Gasteiger partial charge in [-0.2, -0.15) is 0 Å². The van der Waals surface area contributed by atoms with Gasteiger partial charge in [0.1, 0.15) is 24.7 Å². The third-order valence-corrected chi connectivity index (χ3v) is 12.0. The highest BCUT2D eigenvalue weighted by Crippen LogP contribution is 2.58. The van der Waals surface area contributed by atoms with Gasteiger partial charge < -0.3 is 19.7 Å². The molecule has 0 saturated carbocycles. The summed E-state index contributed by atoms with van der Waals surface area (Å²) in [7, 11) is 0. The van der Waals surface area contributed by atoms with E-state index in [0.717, 1.165) is 58.7 Å². The van der Waals surface area contributed by atoms with Crippen LogP contribution in [0, 0.1) is 0 Å². The second kappa shape index (κ2) is 16.6. The monoisotopic (exact) mass is 774 g/mol. The van der Waals surface area contributed by atoms with Gasteiger partial charge in [-0.3, -0.25) is 0 Å². The van der Waals surface area contributed by atoms with Crippen LogP contribution in [0.4, 0.5) is 0 Å². The molecule has 1 aliphatic carbocycles.